The van der Waals surface area contributed by atoms with Crippen molar-refractivity contribution in [2.24, 2.45) is 0 Å². The van der Waals surface area contributed by atoms with Gasteiger partial charge in [0.15, 0.2) is 5.13 Å². The molecule has 0 aliphatic rings. The highest BCUT2D eigenvalue weighted by atomic mass is 32.1. The third kappa shape index (κ3) is 5.93. The maximum Gasteiger partial charge on any atom is 0.317 e. The molecule has 0 fully saturated rings. The van der Waals surface area contributed by atoms with E-state index in [2.05, 4.69) is 10.3 Å². The first-order valence-electron chi connectivity index (χ1n) is 5.24. The fraction of sp³-hybridized carbons (Fsp3) is 0.400. The van der Waals surface area contributed by atoms with Gasteiger partial charge in [0.25, 0.3) is 0 Å². The van der Waals surface area contributed by atoms with Gasteiger partial charge in [-0.15, -0.1) is 11.3 Å². The normalized spacial score (nSPS) is 10.4. The van der Waals surface area contributed by atoms with Gasteiger partial charge >= 0.3 is 11.9 Å². The summed E-state index contributed by atoms with van der Waals surface area (Å²) in [5, 5.41) is 21.9. The molecule has 1 heterocycles. The SMILES string of the molecule is Cc1csc(NC(=O)CN(CC(=O)O)CC(=O)O)n1. The van der Waals surface area contributed by atoms with Crippen LogP contribution in [0.4, 0.5) is 5.13 Å². The number of carbonyl (C=O) groups is 3. The molecule has 0 aliphatic heterocycles. The number of hydrogen-bond donors (Lipinski definition) is 3. The van der Waals surface area contributed by atoms with Crippen molar-refractivity contribution >= 4 is 34.3 Å². The minimum atomic E-state index is -1.20. The summed E-state index contributed by atoms with van der Waals surface area (Å²) in [4.78, 5) is 37.8. The number of aliphatic carboxylic acids is 2. The first-order valence-corrected chi connectivity index (χ1v) is 6.12. The van der Waals surface area contributed by atoms with E-state index in [-0.39, 0.29) is 6.54 Å². The van der Waals surface area contributed by atoms with Crippen LogP contribution in [0.25, 0.3) is 0 Å². The smallest absolute Gasteiger partial charge is 0.317 e. The van der Waals surface area contributed by atoms with Crippen molar-refractivity contribution in [3.05, 3.63) is 11.1 Å². The van der Waals surface area contributed by atoms with Gasteiger partial charge in [0, 0.05) is 5.38 Å². The Morgan fingerprint density at radius 2 is 1.84 bits per heavy atom. The van der Waals surface area contributed by atoms with E-state index in [1.807, 2.05) is 0 Å². The summed E-state index contributed by atoms with van der Waals surface area (Å²) in [6, 6.07) is 0. The van der Waals surface area contributed by atoms with Crippen LogP contribution in [0.3, 0.4) is 0 Å². The van der Waals surface area contributed by atoms with Gasteiger partial charge in [0.2, 0.25) is 5.91 Å². The zero-order chi connectivity index (χ0) is 14.4. The molecule has 1 rings (SSSR count). The van der Waals surface area contributed by atoms with E-state index < -0.39 is 30.9 Å². The quantitative estimate of drug-likeness (QED) is 0.638. The molecule has 0 radical (unpaired) electrons. The molecule has 1 amide bonds. The Kier molecular flexibility index (Phi) is 5.39. The number of carbonyl (C=O) groups excluding carboxylic acids is 1. The molecule has 0 spiro atoms. The highest BCUT2D eigenvalue weighted by Crippen LogP contribution is 2.14. The number of amides is 1. The molecule has 0 aliphatic carbocycles. The molecule has 0 atom stereocenters. The van der Waals surface area contributed by atoms with Gasteiger partial charge in [-0.25, -0.2) is 4.98 Å². The summed E-state index contributed by atoms with van der Waals surface area (Å²) >= 11 is 1.24. The molecule has 0 aromatic carbocycles. The molecule has 9 heteroatoms. The lowest BCUT2D eigenvalue weighted by atomic mass is 10.4. The van der Waals surface area contributed by atoms with Gasteiger partial charge in [-0.05, 0) is 6.92 Å². The van der Waals surface area contributed by atoms with Crippen molar-refractivity contribution in [1.29, 1.82) is 0 Å². The van der Waals surface area contributed by atoms with E-state index in [0.717, 1.165) is 10.6 Å². The molecular weight excluding hydrogens is 274 g/mol. The number of anilines is 1. The monoisotopic (exact) mass is 287 g/mol. The lowest BCUT2D eigenvalue weighted by Gasteiger charge is -2.16. The molecule has 8 nitrogen and oxygen atoms in total. The lowest BCUT2D eigenvalue weighted by molar-refractivity contribution is -0.142. The summed E-state index contributed by atoms with van der Waals surface area (Å²) in [5.74, 6) is -2.89. The van der Waals surface area contributed by atoms with E-state index in [4.69, 9.17) is 10.2 Å². The topological polar surface area (TPSA) is 120 Å². The number of nitrogens with zero attached hydrogens (tertiary/aromatic N) is 2. The minimum Gasteiger partial charge on any atom is -0.480 e. The lowest BCUT2D eigenvalue weighted by Crippen LogP contribution is -2.40. The van der Waals surface area contributed by atoms with Gasteiger partial charge in [0.1, 0.15) is 0 Å². The number of nitrogens with one attached hydrogen (secondary N) is 1. The predicted molar refractivity (Wildman–Crippen MR) is 67.2 cm³/mol. The van der Waals surface area contributed by atoms with Crippen LogP contribution in [0.15, 0.2) is 5.38 Å². The van der Waals surface area contributed by atoms with Crippen molar-refractivity contribution in [1.82, 2.24) is 9.88 Å². The summed E-state index contributed by atoms with van der Waals surface area (Å²) in [5.41, 5.74) is 0.758. The molecule has 1 aromatic heterocycles. The third-order valence-electron chi connectivity index (χ3n) is 1.95. The summed E-state index contributed by atoms with van der Waals surface area (Å²) in [7, 11) is 0. The van der Waals surface area contributed by atoms with Gasteiger partial charge in [-0.3, -0.25) is 19.3 Å². The largest absolute Gasteiger partial charge is 0.480 e. The van der Waals surface area contributed by atoms with Crippen LogP contribution in [0.1, 0.15) is 5.69 Å². The fourth-order valence-electron chi connectivity index (χ4n) is 1.32. The number of carboxylic acid groups (broad SMARTS) is 2. The fourth-order valence-corrected chi connectivity index (χ4v) is 2.03. The maximum atomic E-state index is 11.6. The number of thiazole rings is 1. The average molecular weight is 287 g/mol. The first-order chi connectivity index (χ1) is 8.86. The van der Waals surface area contributed by atoms with E-state index in [1.54, 1.807) is 12.3 Å². The summed E-state index contributed by atoms with van der Waals surface area (Å²) in [6.45, 7) is 0.414. The zero-order valence-corrected chi connectivity index (χ0v) is 10.9. The van der Waals surface area contributed by atoms with Crippen LogP contribution in [-0.2, 0) is 14.4 Å². The van der Waals surface area contributed by atoms with Crippen LogP contribution in [-0.4, -0.2) is 57.6 Å². The number of aryl methyl sites for hydroxylation is 1. The summed E-state index contributed by atoms with van der Waals surface area (Å²) < 4.78 is 0. The number of carboxylic acids is 2. The Morgan fingerprint density at radius 3 is 2.26 bits per heavy atom. The molecule has 1 aromatic rings. The van der Waals surface area contributed by atoms with Crippen LogP contribution in [0, 0.1) is 6.92 Å². The number of hydrogen-bond acceptors (Lipinski definition) is 6. The average Bonchev–Trinajstić information content (AvgIpc) is 2.61. The Balaban J connectivity index is 2.54. The highest BCUT2D eigenvalue weighted by molar-refractivity contribution is 7.13. The second kappa shape index (κ2) is 6.81. The second-order valence-electron chi connectivity index (χ2n) is 3.77. The molecular formula is C10H13N3O5S. The van der Waals surface area contributed by atoms with Crippen molar-refractivity contribution in [2.75, 3.05) is 25.0 Å². The number of rotatable bonds is 7. The number of aromatic nitrogens is 1. The predicted octanol–water partition coefficient (Wildman–Crippen LogP) is -0.139. The van der Waals surface area contributed by atoms with Gasteiger partial charge in [0.05, 0.1) is 25.3 Å². The van der Waals surface area contributed by atoms with Crippen molar-refractivity contribution in [3.63, 3.8) is 0 Å². The molecule has 0 saturated heterocycles. The van der Waals surface area contributed by atoms with Gasteiger partial charge < -0.3 is 15.5 Å². The maximum absolute atomic E-state index is 11.6. The van der Waals surface area contributed by atoms with E-state index in [1.165, 1.54) is 11.3 Å². The van der Waals surface area contributed by atoms with E-state index >= 15 is 0 Å². The van der Waals surface area contributed by atoms with Crippen molar-refractivity contribution in [2.45, 2.75) is 6.92 Å². The highest BCUT2D eigenvalue weighted by Gasteiger charge is 2.17. The third-order valence-corrected chi connectivity index (χ3v) is 2.83. The van der Waals surface area contributed by atoms with Crippen LogP contribution in [0.2, 0.25) is 0 Å². The van der Waals surface area contributed by atoms with Crippen LogP contribution >= 0.6 is 11.3 Å². The molecule has 0 bridgehead atoms. The standard InChI is InChI=1S/C10H13N3O5S/c1-6-5-19-10(11-6)12-7(14)2-13(3-8(15)16)4-9(17)18/h5H,2-4H2,1H3,(H,15,16)(H,17,18)(H,11,12,14). The first kappa shape index (κ1) is 15.1. The Hall–Kier alpha value is -2.00. The Labute approximate surface area is 112 Å². The van der Waals surface area contributed by atoms with Crippen molar-refractivity contribution in [3.8, 4) is 0 Å². The molecule has 3 N–H and O–H groups in total. The molecule has 0 saturated carbocycles. The zero-order valence-electron chi connectivity index (χ0n) is 10.1. The van der Waals surface area contributed by atoms with Crippen LogP contribution < -0.4 is 5.32 Å². The van der Waals surface area contributed by atoms with Gasteiger partial charge in [-0.1, -0.05) is 0 Å². The summed E-state index contributed by atoms with van der Waals surface area (Å²) in [6.07, 6.45) is 0. The Morgan fingerprint density at radius 1 is 1.26 bits per heavy atom. The molecule has 104 valence electrons. The second-order valence-corrected chi connectivity index (χ2v) is 4.63. The van der Waals surface area contributed by atoms with Crippen molar-refractivity contribution < 1.29 is 24.6 Å². The van der Waals surface area contributed by atoms with E-state index in [9.17, 15) is 14.4 Å². The minimum absolute atomic E-state index is 0.322. The van der Waals surface area contributed by atoms with Gasteiger partial charge in [-0.2, -0.15) is 0 Å². The Bertz CT molecular complexity index is 471. The van der Waals surface area contributed by atoms with Crippen LogP contribution in [0.5, 0.6) is 0 Å². The van der Waals surface area contributed by atoms with E-state index in [0.29, 0.717) is 5.13 Å². The molecule has 0 unspecified atom stereocenters. The molecule has 19 heavy (non-hydrogen) atoms.